The zero-order chi connectivity index (χ0) is 15.5. The van der Waals surface area contributed by atoms with Gasteiger partial charge in [-0.25, -0.2) is 4.98 Å². The van der Waals surface area contributed by atoms with Crippen LogP contribution in [0.5, 0.6) is 0 Å². The summed E-state index contributed by atoms with van der Waals surface area (Å²) in [5, 5.41) is 0. The van der Waals surface area contributed by atoms with Crippen LogP contribution in [0.3, 0.4) is 0 Å². The molecule has 1 aliphatic heterocycles. The monoisotopic (exact) mass is 412 g/mol. The van der Waals surface area contributed by atoms with Gasteiger partial charge in [0.2, 0.25) is 5.91 Å². The van der Waals surface area contributed by atoms with E-state index in [0.717, 1.165) is 30.9 Å². The molecule has 1 fully saturated rings. The molecule has 1 unspecified atom stereocenters. The van der Waals surface area contributed by atoms with Crippen molar-refractivity contribution in [1.82, 2.24) is 14.3 Å². The van der Waals surface area contributed by atoms with E-state index in [1.54, 1.807) is 0 Å². The number of amides is 1. The van der Waals surface area contributed by atoms with Crippen molar-refractivity contribution in [3.63, 3.8) is 0 Å². The average molecular weight is 412 g/mol. The van der Waals surface area contributed by atoms with Crippen LogP contribution in [0.2, 0.25) is 0 Å². The molecule has 0 aliphatic carbocycles. The van der Waals surface area contributed by atoms with Gasteiger partial charge in [0.25, 0.3) is 0 Å². The van der Waals surface area contributed by atoms with Crippen LogP contribution in [-0.4, -0.2) is 33.3 Å². The number of piperidine rings is 1. The van der Waals surface area contributed by atoms with Crippen molar-refractivity contribution in [2.24, 2.45) is 5.73 Å². The highest BCUT2D eigenvalue weighted by Crippen LogP contribution is 2.28. The molecule has 0 spiro atoms. The molecule has 0 bridgehead atoms. The molecule has 0 radical (unpaired) electrons. The Hall–Kier alpha value is -1.15. The molecule has 2 aromatic rings. The van der Waals surface area contributed by atoms with Gasteiger partial charge in [0, 0.05) is 22.4 Å². The van der Waals surface area contributed by atoms with Crippen molar-refractivity contribution < 1.29 is 4.79 Å². The molecule has 6 heteroatoms. The molecule has 22 heavy (non-hydrogen) atoms. The molecule has 0 saturated carbocycles. The van der Waals surface area contributed by atoms with Gasteiger partial charge in [0.05, 0.1) is 11.7 Å². The zero-order valence-corrected chi connectivity index (χ0v) is 14.7. The lowest BCUT2D eigenvalue weighted by Crippen LogP contribution is -2.34. The van der Waals surface area contributed by atoms with Crippen LogP contribution in [0.25, 0.3) is 5.65 Å². The summed E-state index contributed by atoms with van der Waals surface area (Å²) in [6.07, 6.45) is 9.06. The minimum absolute atomic E-state index is 0.186. The largest absolute Gasteiger partial charge is 0.370 e. The maximum atomic E-state index is 11.2. The van der Waals surface area contributed by atoms with E-state index in [4.69, 9.17) is 10.7 Å². The van der Waals surface area contributed by atoms with Crippen molar-refractivity contribution in [3.8, 4) is 0 Å². The maximum absolute atomic E-state index is 11.2. The quantitative estimate of drug-likeness (QED) is 0.769. The molecule has 1 saturated heterocycles. The number of pyridine rings is 1. The van der Waals surface area contributed by atoms with Gasteiger partial charge >= 0.3 is 0 Å². The van der Waals surface area contributed by atoms with Crippen molar-refractivity contribution in [2.75, 3.05) is 13.1 Å². The molecule has 5 nitrogen and oxygen atoms in total. The third-order valence-electron chi connectivity index (χ3n) is 4.27. The van der Waals surface area contributed by atoms with Crippen molar-refractivity contribution in [1.29, 1.82) is 0 Å². The SMILES string of the molecule is NC(=O)CCC(c1cn2cc(I)ccc2n1)N1CCCCC1. The van der Waals surface area contributed by atoms with E-state index in [1.165, 1.54) is 22.8 Å². The number of carbonyl (C=O) groups is 1. The number of hydrogen-bond donors (Lipinski definition) is 1. The van der Waals surface area contributed by atoms with Crippen molar-refractivity contribution >= 4 is 34.1 Å². The standard InChI is InChI=1S/C16H21IN4O/c17-12-4-7-16-19-13(11-21(16)10-12)14(5-6-15(18)22)20-8-2-1-3-9-20/h4,7,10-11,14H,1-3,5-6,8-9H2,(H2,18,22). The number of hydrogen-bond acceptors (Lipinski definition) is 3. The third-order valence-corrected chi connectivity index (χ3v) is 4.91. The molecule has 0 aromatic carbocycles. The van der Waals surface area contributed by atoms with Crippen LogP contribution in [-0.2, 0) is 4.79 Å². The summed E-state index contributed by atoms with van der Waals surface area (Å²) in [7, 11) is 0. The van der Waals surface area contributed by atoms with E-state index in [0.29, 0.717) is 6.42 Å². The fraction of sp³-hybridized carbons (Fsp3) is 0.500. The lowest BCUT2D eigenvalue weighted by molar-refractivity contribution is -0.118. The average Bonchev–Trinajstić information content (AvgIpc) is 2.91. The van der Waals surface area contributed by atoms with Gasteiger partial charge in [-0.2, -0.15) is 0 Å². The highest BCUT2D eigenvalue weighted by Gasteiger charge is 2.24. The molecular weight excluding hydrogens is 391 g/mol. The lowest BCUT2D eigenvalue weighted by Gasteiger charge is -2.33. The highest BCUT2D eigenvalue weighted by atomic mass is 127. The fourth-order valence-electron chi connectivity index (χ4n) is 3.17. The van der Waals surface area contributed by atoms with Crippen LogP contribution in [0.15, 0.2) is 24.5 Å². The van der Waals surface area contributed by atoms with Crippen LogP contribution in [0, 0.1) is 3.57 Å². The molecule has 2 aromatic heterocycles. The van der Waals surface area contributed by atoms with E-state index in [9.17, 15) is 4.79 Å². The number of imidazole rings is 1. The number of nitrogens with two attached hydrogens (primary N) is 1. The minimum Gasteiger partial charge on any atom is -0.370 e. The molecule has 1 amide bonds. The molecule has 1 aliphatic rings. The Balaban J connectivity index is 1.89. The fourth-order valence-corrected chi connectivity index (χ4v) is 3.65. The number of primary amides is 1. The number of halogens is 1. The summed E-state index contributed by atoms with van der Waals surface area (Å²) in [6, 6.07) is 4.28. The molecule has 3 heterocycles. The zero-order valence-electron chi connectivity index (χ0n) is 12.5. The molecule has 118 valence electrons. The molecule has 3 rings (SSSR count). The Labute approximate surface area is 144 Å². The van der Waals surface area contributed by atoms with E-state index < -0.39 is 0 Å². The predicted molar refractivity (Wildman–Crippen MR) is 94.5 cm³/mol. The van der Waals surface area contributed by atoms with Gasteiger partial charge in [0.15, 0.2) is 0 Å². The summed E-state index contributed by atoms with van der Waals surface area (Å²) in [5.41, 5.74) is 7.36. The normalized spacial score (nSPS) is 17.7. The summed E-state index contributed by atoms with van der Waals surface area (Å²) in [4.78, 5) is 18.4. The molecular formula is C16H21IN4O. The summed E-state index contributed by atoms with van der Waals surface area (Å²) < 4.78 is 3.25. The first kappa shape index (κ1) is 15.7. The first-order valence-corrected chi connectivity index (χ1v) is 8.88. The van der Waals surface area contributed by atoms with Crippen LogP contribution < -0.4 is 5.73 Å². The van der Waals surface area contributed by atoms with Gasteiger partial charge < -0.3 is 10.1 Å². The highest BCUT2D eigenvalue weighted by molar-refractivity contribution is 14.1. The van der Waals surface area contributed by atoms with E-state index in [2.05, 4.69) is 50.4 Å². The Morgan fingerprint density at radius 3 is 2.77 bits per heavy atom. The minimum atomic E-state index is -0.236. The number of aromatic nitrogens is 2. The van der Waals surface area contributed by atoms with Crippen molar-refractivity contribution in [2.45, 2.75) is 38.1 Å². The predicted octanol–water partition coefficient (Wildman–Crippen LogP) is 2.73. The van der Waals surface area contributed by atoms with Gasteiger partial charge in [0.1, 0.15) is 5.65 Å². The van der Waals surface area contributed by atoms with Crippen LogP contribution >= 0.6 is 22.6 Å². The van der Waals surface area contributed by atoms with Gasteiger partial charge in [-0.3, -0.25) is 9.69 Å². The Morgan fingerprint density at radius 1 is 1.27 bits per heavy atom. The first-order chi connectivity index (χ1) is 10.6. The van der Waals surface area contributed by atoms with E-state index in [1.807, 2.05) is 6.07 Å². The Bertz CT molecular complexity index is 663. The summed E-state index contributed by atoms with van der Waals surface area (Å²) in [6.45, 7) is 2.16. The number of nitrogens with zero attached hydrogens (tertiary/aromatic N) is 3. The van der Waals surface area contributed by atoms with Crippen LogP contribution in [0.4, 0.5) is 0 Å². The van der Waals surface area contributed by atoms with E-state index in [-0.39, 0.29) is 11.9 Å². The number of fused-ring (bicyclic) bond motifs is 1. The number of carbonyl (C=O) groups excluding carboxylic acids is 1. The maximum Gasteiger partial charge on any atom is 0.217 e. The second-order valence-electron chi connectivity index (χ2n) is 5.90. The third kappa shape index (κ3) is 3.60. The second-order valence-corrected chi connectivity index (χ2v) is 7.14. The molecule has 1 atom stereocenters. The number of likely N-dealkylation sites (tertiary alicyclic amines) is 1. The first-order valence-electron chi connectivity index (χ1n) is 7.80. The van der Waals surface area contributed by atoms with Gasteiger partial charge in [-0.15, -0.1) is 0 Å². The van der Waals surface area contributed by atoms with Crippen molar-refractivity contribution in [3.05, 3.63) is 33.8 Å². The topological polar surface area (TPSA) is 63.6 Å². The lowest BCUT2D eigenvalue weighted by atomic mass is 10.0. The number of rotatable bonds is 5. The Morgan fingerprint density at radius 2 is 2.05 bits per heavy atom. The van der Waals surface area contributed by atoms with Gasteiger partial charge in [-0.05, 0) is 67.1 Å². The smallest absolute Gasteiger partial charge is 0.217 e. The molecule has 2 N–H and O–H groups in total. The summed E-state index contributed by atoms with van der Waals surface area (Å²) in [5.74, 6) is -0.236. The van der Waals surface area contributed by atoms with Gasteiger partial charge in [-0.1, -0.05) is 6.42 Å². The van der Waals surface area contributed by atoms with E-state index >= 15 is 0 Å². The second kappa shape index (κ2) is 6.95. The Kier molecular flexibility index (Phi) is 4.97. The van der Waals surface area contributed by atoms with Crippen LogP contribution in [0.1, 0.15) is 43.8 Å². The summed E-state index contributed by atoms with van der Waals surface area (Å²) >= 11 is 2.30.